The quantitative estimate of drug-likeness (QED) is 0.476. The number of hydrogen-bond acceptors (Lipinski definition) is 4. The highest BCUT2D eigenvalue weighted by atomic mass is 28.4. The Morgan fingerprint density at radius 1 is 1.00 bits per heavy atom. The van der Waals surface area contributed by atoms with Crippen LogP contribution in [0.5, 0.6) is 0 Å². The van der Waals surface area contributed by atoms with E-state index in [0.29, 0.717) is 12.3 Å². The summed E-state index contributed by atoms with van der Waals surface area (Å²) in [5, 5.41) is 30.2. The minimum atomic E-state index is -1.98. The fourth-order valence-electron chi connectivity index (χ4n) is 5.30. The van der Waals surface area contributed by atoms with E-state index in [4.69, 9.17) is 4.43 Å². The van der Waals surface area contributed by atoms with Crippen LogP contribution in [-0.2, 0) is 9.22 Å². The summed E-state index contributed by atoms with van der Waals surface area (Å²) in [5.74, 6) is -0.939. The molecule has 5 atom stereocenters. The summed E-state index contributed by atoms with van der Waals surface area (Å²) in [6.07, 6.45) is 6.51. The summed E-state index contributed by atoms with van der Waals surface area (Å²) in [4.78, 5) is 11.3. The molecule has 0 heterocycles. The van der Waals surface area contributed by atoms with Gasteiger partial charge in [0.15, 0.2) is 8.32 Å². The zero-order chi connectivity index (χ0) is 22.0. The Hall–Kier alpha value is -0.433. The van der Waals surface area contributed by atoms with Crippen LogP contribution in [0.1, 0.15) is 85.5 Å². The number of rotatable bonds is 8. The van der Waals surface area contributed by atoms with Crippen LogP contribution < -0.4 is 0 Å². The highest BCUT2D eigenvalue weighted by molar-refractivity contribution is 6.74. The maximum absolute atomic E-state index is 11.3. The Balaban J connectivity index is 2.19. The van der Waals surface area contributed by atoms with Gasteiger partial charge >= 0.3 is 5.97 Å². The third-order valence-electron chi connectivity index (χ3n) is 8.17. The van der Waals surface area contributed by atoms with Crippen molar-refractivity contribution in [2.75, 3.05) is 0 Å². The second-order valence-corrected chi connectivity index (χ2v) is 16.1. The molecule has 2 aliphatic rings. The van der Waals surface area contributed by atoms with Gasteiger partial charge in [-0.3, -0.25) is 4.79 Å². The standard InChI is InChI=1S/C23H44O5Si/c1-22(2,3)29(5,6)28-23(4,16-10-8-7-9-11-16)13-12-17-18(14-21(26)27)20(25)15-19(17)24/h16-20,24-25H,7-15H2,1-6H3,(H,26,27)/t17-,18-,19-,20+,23+/m1/s1. The Labute approximate surface area is 178 Å². The molecular weight excluding hydrogens is 384 g/mol. The largest absolute Gasteiger partial charge is 0.481 e. The van der Waals surface area contributed by atoms with Crippen LogP contribution >= 0.6 is 0 Å². The Morgan fingerprint density at radius 3 is 2.07 bits per heavy atom. The van der Waals surface area contributed by atoms with Gasteiger partial charge in [-0.05, 0) is 69.0 Å². The molecule has 2 aliphatic carbocycles. The molecule has 6 heteroatoms. The Bertz CT molecular complexity index is 552. The number of carbonyl (C=O) groups is 1. The van der Waals surface area contributed by atoms with Crippen molar-refractivity contribution in [1.29, 1.82) is 0 Å². The van der Waals surface area contributed by atoms with Crippen molar-refractivity contribution in [3.63, 3.8) is 0 Å². The normalized spacial score (nSPS) is 31.6. The van der Waals surface area contributed by atoms with Crippen LogP contribution in [0.15, 0.2) is 0 Å². The average Bonchev–Trinajstić information content (AvgIpc) is 2.85. The van der Waals surface area contributed by atoms with E-state index in [1.165, 1.54) is 32.1 Å². The molecule has 0 amide bonds. The molecule has 3 N–H and O–H groups in total. The lowest BCUT2D eigenvalue weighted by molar-refractivity contribution is -0.139. The Morgan fingerprint density at radius 2 is 1.55 bits per heavy atom. The molecule has 2 fully saturated rings. The molecule has 0 saturated heterocycles. The summed E-state index contributed by atoms with van der Waals surface area (Å²) in [6, 6.07) is 0. The van der Waals surface area contributed by atoms with E-state index in [0.717, 1.165) is 6.42 Å². The van der Waals surface area contributed by atoms with Crippen molar-refractivity contribution in [1.82, 2.24) is 0 Å². The Kier molecular flexibility index (Phi) is 8.02. The highest BCUT2D eigenvalue weighted by Gasteiger charge is 2.48. The molecule has 0 unspecified atom stereocenters. The van der Waals surface area contributed by atoms with Crippen molar-refractivity contribution in [3.8, 4) is 0 Å². The van der Waals surface area contributed by atoms with Crippen LogP contribution in [0.25, 0.3) is 0 Å². The number of hydrogen-bond donors (Lipinski definition) is 3. The van der Waals surface area contributed by atoms with E-state index in [-0.39, 0.29) is 35.3 Å². The molecule has 0 aromatic carbocycles. The molecule has 0 aromatic rings. The second kappa shape index (κ2) is 9.37. The van der Waals surface area contributed by atoms with Gasteiger partial charge < -0.3 is 19.7 Å². The topological polar surface area (TPSA) is 87.0 Å². The molecule has 29 heavy (non-hydrogen) atoms. The fraction of sp³-hybridized carbons (Fsp3) is 0.957. The fourth-order valence-corrected chi connectivity index (χ4v) is 7.04. The maximum atomic E-state index is 11.3. The summed E-state index contributed by atoms with van der Waals surface area (Å²) in [6.45, 7) is 13.7. The van der Waals surface area contributed by atoms with E-state index < -0.39 is 26.5 Å². The molecule has 5 nitrogen and oxygen atoms in total. The van der Waals surface area contributed by atoms with E-state index in [1.54, 1.807) is 0 Å². The van der Waals surface area contributed by atoms with Gasteiger partial charge in [0.1, 0.15) is 0 Å². The first-order valence-electron chi connectivity index (χ1n) is 11.5. The summed E-state index contributed by atoms with van der Waals surface area (Å²) in [5.41, 5.74) is -0.259. The number of aliphatic hydroxyl groups excluding tert-OH is 2. The second-order valence-electron chi connectivity index (χ2n) is 11.3. The first-order valence-corrected chi connectivity index (χ1v) is 14.5. The van der Waals surface area contributed by atoms with Crippen molar-refractivity contribution in [2.24, 2.45) is 17.8 Å². The third kappa shape index (κ3) is 6.05. The van der Waals surface area contributed by atoms with Crippen LogP contribution in [0, 0.1) is 17.8 Å². The van der Waals surface area contributed by atoms with E-state index in [1.807, 2.05) is 0 Å². The van der Waals surface area contributed by atoms with Gasteiger partial charge in [-0.2, -0.15) is 0 Å². The monoisotopic (exact) mass is 428 g/mol. The number of aliphatic carboxylic acids is 1. The zero-order valence-electron chi connectivity index (χ0n) is 19.4. The molecule has 2 rings (SSSR count). The van der Waals surface area contributed by atoms with Crippen molar-refractivity contribution in [2.45, 2.75) is 121 Å². The number of carboxylic acids is 1. The molecule has 0 bridgehead atoms. The highest BCUT2D eigenvalue weighted by Crippen LogP contribution is 2.47. The van der Waals surface area contributed by atoms with Crippen LogP contribution in [-0.4, -0.2) is 47.4 Å². The molecular formula is C23H44O5Si. The summed E-state index contributed by atoms with van der Waals surface area (Å²) < 4.78 is 7.05. The first kappa shape index (κ1) is 24.8. The molecule has 170 valence electrons. The van der Waals surface area contributed by atoms with E-state index in [9.17, 15) is 20.1 Å². The average molecular weight is 429 g/mol. The van der Waals surface area contributed by atoms with Gasteiger partial charge in [-0.15, -0.1) is 0 Å². The predicted octanol–water partition coefficient (Wildman–Crippen LogP) is 4.96. The number of aliphatic hydroxyl groups is 2. The van der Waals surface area contributed by atoms with Crippen molar-refractivity contribution < 1.29 is 24.5 Å². The number of carboxylic acid groups (broad SMARTS) is 1. The SMILES string of the molecule is CC(C)(C)[Si](C)(C)O[C@@](C)(CC[C@@H]1[C@@H](CC(=O)O)[C@@H](O)C[C@H]1O)C1CCCCC1. The minimum absolute atomic E-state index is 0.0773. The predicted molar refractivity (Wildman–Crippen MR) is 118 cm³/mol. The van der Waals surface area contributed by atoms with Gasteiger partial charge in [0, 0.05) is 5.92 Å². The molecule has 0 spiro atoms. The van der Waals surface area contributed by atoms with Crippen LogP contribution in [0.3, 0.4) is 0 Å². The van der Waals surface area contributed by atoms with Crippen LogP contribution in [0.4, 0.5) is 0 Å². The lowest BCUT2D eigenvalue weighted by atomic mass is 9.74. The molecule has 2 saturated carbocycles. The molecule has 0 aliphatic heterocycles. The van der Waals surface area contributed by atoms with E-state index >= 15 is 0 Å². The molecule has 0 radical (unpaired) electrons. The van der Waals surface area contributed by atoms with Gasteiger partial charge in [-0.1, -0.05) is 40.0 Å². The summed E-state index contributed by atoms with van der Waals surface area (Å²) in [7, 11) is -1.98. The van der Waals surface area contributed by atoms with Crippen molar-refractivity contribution >= 4 is 14.3 Å². The maximum Gasteiger partial charge on any atom is 0.303 e. The van der Waals surface area contributed by atoms with Gasteiger partial charge in [0.05, 0.1) is 24.2 Å². The van der Waals surface area contributed by atoms with Gasteiger partial charge in [0.25, 0.3) is 0 Å². The van der Waals surface area contributed by atoms with E-state index in [2.05, 4.69) is 40.8 Å². The third-order valence-corrected chi connectivity index (χ3v) is 12.8. The smallest absolute Gasteiger partial charge is 0.303 e. The van der Waals surface area contributed by atoms with Gasteiger partial charge in [0.2, 0.25) is 0 Å². The van der Waals surface area contributed by atoms with Crippen LogP contribution in [0.2, 0.25) is 18.1 Å². The lowest BCUT2D eigenvalue weighted by Gasteiger charge is -2.49. The molecule has 0 aromatic heterocycles. The van der Waals surface area contributed by atoms with Crippen molar-refractivity contribution in [3.05, 3.63) is 0 Å². The lowest BCUT2D eigenvalue weighted by Crippen LogP contribution is -2.52. The van der Waals surface area contributed by atoms with Gasteiger partial charge in [-0.25, -0.2) is 0 Å². The summed E-state index contributed by atoms with van der Waals surface area (Å²) >= 11 is 0. The minimum Gasteiger partial charge on any atom is -0.481 e. The zero-order valence-corrected chi connectivity index (χ0v) is 20.4. The first-order chi connectivity index (χ1) is 13.3.